The number of hydrogen-bond donors (Lipinski definition) is 1. The smallest absolute Gasteiger partial charge is 0.221 e. The molecule has 0 saturated heterocycles. The van der Waals surface area contributed by atoms with E-state index in [4.69, 9.17) is 0 Å². The summed E-state index contributed by atoms with van der Waals surface area (Å²) in [5.74, 6) is 0.858. The van der Waals surface area contributed by atoms with Crippen LogP contribution in [-0.2, 0) is 0 Å². The number of nitrogens with one attached hydrogen (secondary N) is 1. The van der Waals surface area contributed by atoms with Gasteiger partial charge in [0.05, 0.1) is 0 Å². The lowest BCUT2D eigenvalue weighted by molar-refractivity contribution is 0.555. The maximum Gasteiger partial charge on any atom is 0.221 e. The van der Waals surface area contributed by atoms with Crippen LogP contribution in [0.15, 0.2) is 35.5 Å². The van der Waals surface area contributed by atoms with Crippen molar-refractivity contribution in [1.82, 2.24) is 9.97 Å². The third-order valence-electron chi connectivity index (χ3n) is 2.38. The van der Waals surface area contributed by atoms with E-state index in [0.29, 0.717) is 16.5 Å². The van der Waals surface area contributed by atoms with Crippen LogP contribution in [0.1, 0.15) is 12.5 Å². The van der Waals surface area contributed by atoms with E-state index in [0.717, 1.165) is 11.4 Å². The minimum atomic E-state index is -0.473. The minimum Gasteiger partial charge on any atom is -0.340 e. The van der Waals surface area contributed by atoms with Crippen molar-refractivity contribution in [2.24, 2.45) is 0 Å². The summed E-state index contributed by atoms with van der Waals surface area (Å²) in [4.78, 5) is 8.13. The largest absolute Gasteiger partial charge is 0.340 e. The Kier molecular flexibility index (Phi) is 4.15. The maximum absolute atomic E-state index is 13.7. The van der Waals surface area contributed by atoms with Crippen molar-refractivity contribution in [3.05, 3.63) is 41.8 Å². The molecule has 2 aromatic rings. The van der Waals surface area contributed by atoms with E-state index in [2.05, 4.69) is 15.3 Å². The first-order valence-corrected chi connectivity index (χ1v) is 6.68. The Labute approximate surface area is 110 Å². The summed E-state index contributed by atoms with van der Waals surface area (Å²) in [7, 11) is 0. The van der Waals surface area contributed by atoms with E-state index in [1.165, 1.54) is 11.8 Å². The molecular weight excluding hydrogens is 249 g/mol. The standard InChI is InChI=1S/C13H14FN3S/c1-3-18-13-16-11(14)9(2)12(17-13)15-10-7-5-4-6-8-10/h4-8H,3H2,1-2H3,(H,15,16,17). The molecule has 0 spiro atoms. The molecule has 0 unspecified atom stereocenters. The van der Waals surface area contributed by atoms with E-state index in [1.54, 1.807) is 6.92 Å². The topological polar surface area (TPSA) is 37.8 Å². The molecule has 0 fully saturated rings. The Hall–Kier alpha value is -1.62. The van der Waals surface area contributed by atoms with E-state index < -0.39 is 5.95 Å². The second-order valence-corrected chi connectivity index (χ2v) is 4.93. The summed E-state index contributed by atoms with van der Waals surface area (Å²) in [6.07, 6.45) is 0. The number of anilines is 2. The average molecular weight is 263 g/mol. The summed E-state index contributed by atoms with van der Waals surface area (Å²) in [6, 6.07) is 9.57. The third-order valence-corrected chi connectivity index (χ3v) is 3.11. The van der Waals surface area contributed by atoms with Crippen LogP contribution < -0.4 is 5.32 Å². The lowest BCUT2D eigenvalue weighted by atomic mass is 10.3. The molecule has 3 nitrogen and oxygen atoms in total. The van der Waals surface area contributed by atoms with Crippen LogP contribution in [0.5, 0.6) is 0 Å². The normalized spacial score (nSPS) is 10.4. The van der Waals surface area contributed by atoms with E-state index >= 15 is 0 Å². The number of benzene rings is 1. The molecule has 1 heterocycles. The van der Waals surface area contributed by atoms with Gasteiger partial charge < -0.3 is 5.32 Å². The lowest BCUT2D eigenvalue weighted by Gasteiger charge is -2.10. The van der Waals surface area contributed by atoms with Crippen LogP contribution in [0.25, 0.3) is 0 Å². The highest BCUT2D eigenvalue weighted by atomic mass is 32.2. The summed E-state index contributed by atoms with van der Waals surface area (Å²) >= 11 is 1.42. The van der Waals surface area contributed by atoms with Gasteiger partial charge in [-0.2, -0.15) is 9.37 Å². The highest BCUT2D eigenvalue weighted by Gasteiger charge is 2.10. The van der Waals surface area contributed by atoms with Gasteiger partial charge in [0, 0.05) is 11.3 Å². The Bertz CT molecular complexity index is 531. The molecule has 18 heavy (non-hydrogen) atoms. The van der Waals surface area contributed by atoms with E-state index in [1.807, 2.05) is 37.3 Å². The molecule has 0 aliphatic rings. The van der Waals surface area contributed by atoms with Crippen molar-refractivity contribution >= 4 is 23.3 Å². The first-order chi connectivity index (χ1) is 8.70. The number of nitrogens with zero attached hydrogens (tertiary/aromatic N) is 2. The number of hydrogen-bond acceptors (Lipinski definition) is 4. The zero-order chi connectivity index (χ0) is 13.0. The number of thioether (sulfide) groups is 1. The fraction of sp³-hybridized carbons (Fsp3) is 0.231. The predicted octanol–water partition coefficient (Wildman–Crippen LogP) is 3.78. The average Bonchev–Trinajstić information content (AvgIpc) is 2.37. The fourth-order valence-corrected chi connectivity index (χ4v) is 2.00. The van der Waals surface area contributed by atoms with E-state index in [-0.39, 0.29) is 0 Å². The lowest BCUT2D eigenvalue weighted by Crippen LogP contribution is -2.03. The highest BCUT2D eigenvalue weighted by molar-refractivity contribution is 7.99. The minimum absolute atomic E-state index is 0.430. The highest BCUT2D eigenvalue weighted by Crippen LogP contribution is 2.23. The van der Waals surface area contributed by atoms with Crippen molar-refractivity contribution in [1.29, 1.82) is 0 Å². The van der Waals surface area contributed by atoms with Crippen molar-refractivity contribution in [3.63, 3.8) is 0 Å². The molecule has 0 aliphatic carbocycles. The van der Waals surface area contributed by atoms with Gasteiger partial charge >= 0.3 is 0 Å². The molecule has 0 aliphatic heterocycles. The first kappa shape index (κ1) is 12.8. The van der Waals surface area contributed by atoms with Gasteiger partial charge in [0.25, 0.3) is 0 Å². The maximum atomic E-state index is 13.7. The number of rotatable bonds is 4. The van der Waals surface area contributed by atoms with Crippen LogP contribution in [0.2, 0.25) is 0 Å². The third kappa shape index (κ3) is 2.98. The summed E-state index contributed by atoms with van der Waals surface area (Å²) < 4.78 is 13.7. The second-order valence-electron chi connectivity index (χ2n) is 3.69. The first-order valence-electron chi connectivity index (χ1n) is 5.69. The summed E-state index contributed by atoms with van der Waals surface area (Å²) in [5.41, 5.74) is 1.31. The molecule has 1 aromatic carbocycles. The number of para-hydroxylation sites is 1. The van der Waals surface area contributed by atoms with Gasteiger partial charge in [-0.3, -0.25) is 0 Å². The van der Waals surface area contributed by atoms with Gasteiger partial charge in [-0.25, -0.2) is 4.98 Å². The molecule has 0 saturated carbocycles. The molecule has 0 atom stereocenters. The van der Waals surface area contributed by atoms with Crippen molar-refractivity contribution in [2.75, 3.05) is 11.1 Å². The molecular formula is C13H14FN3S. The molecule has 1 aromatic heterocycles. The van der Waals surface area contributed by atoms with Crippen molar-refractivity contribution < 1.29 is 4.39 Å². The predicted molar refractivity (Wildman–Crippen MR) is 72.8 cm³/mol. The zero-order valence-corrected chi connectivity index (χ0v) is 11.1. The monoisotopic (exact) mass is 263 g/mol. The summed E-state index contributed by atoms with van der Waals surface area (Å²) in [6.45, 7) is 3.65. The molecule has 0 amide bonds. The van der Waals surface area contributed by atoms with Crippen LogP contribution >= 0.6 is 11.8 Å². The van der Waals surface area contributed by atoms with Crippen LogP contribution in [-0.4, -0.2) is 15.7 Å². The summed E-state index contributed by atoms with van der Waals surface area (Å²) in [5, 5.41) is 3.56. The zero-order valence-electron chi connectivity index (χ0n) is 10.3. The molecule has 1 N–H and O–H groups in total. The second kappa shape index (κ2) is 5.82. The fourth-order valence-electron chi connectivity index (χ4n) is 1.44. The van der Waals surface area contributed by atoms with Gasteiger partial charge in [-0.1, -0.05) is 36.9 Å². The Balaban J connectivity index is 2.31. The van der Waals surface area contributed by atoms with Crippen LogP contribution in [0, 0.1) is 12.9 Å². The molecule has 0 bridgehead atoms. The molecule has 0 radical (unpaired) electrons. The molecule has 94 valence electrons. The quantitative estimate of drug-likeness (QED) is 0.517. The van der Waals surface area contributed by atoms with Gasteiger partial charge in [-0.05, 0) is 24.8 Å². The molecule has 5 heteroatoms. The number of aromatic nitrogens is 2. The van der Waals surface area contributed by atoms with Crippen LogP contribution in [0.4, 0.5) is 15.9 Å². The Morgan fingerprint density at radius 2 is 1.94 bits per heavy atom. The Morgan fingerprint density at radius 3 is 2.61 bits per heavy atom. The van der Waals surface area contributed by atoms with Gasteiger partial charge in [0.15, 0.2) is 5.16 Å². The SMILES string of the molecule is CCSc1nc(F)c(C)c(Nc2ccccc2)n1. The molecule has 2 rings (SSSR count). The van der Waals surface area contributed by atoms with Gasteiger partial charge in [0.1, 0.15) is 5.82 Å². The van der Waals surface area contributed by atoms with E-state index in [9.17, 15) is 4.39 Å². The van der Waals surface area contributed by atoms with Gasteiger partial charge in [-0.15, -0.1) is 0 Å². The van der Waals surface area contributed by atoms with Crippen molar-refractivity contribution in [2.45, 2.75) is 19.0 Å². The Morgan fingerprint density at radius 1 is 1.22 bits per heavy atom. The number of halogens is 1. The van der Waals surface area contributed by atoms with Crippen LogP contribution in [0.3, 0.4) is 0 Å². The van der Waals surface area contributed by atoms with Crippen molar-refractivity contribution in [3.8, 4) is 0 Å². The van der Waals surface area contributed by atoms with Gasteiger partial charge in [0.2, 0.25) is 5.95 Å².